The summed E-state index contributed by atoms with van der Waals surface area (Å²) in [4.78, 5) is 27.5. The Labute approximate surface area is 218 Å². The summed E-state index contributed by atoms with van der Waals surface area (Å²) in [6, 6.07) is 24.4. The first-order chi connectivity index (χ1) is 17.5. The van der Waals surface area contributed by atoms with E-state index in [0.717, 1.165) is 36.2 Å². The molecule has 0 aliphatic heterocycles. The number of benzene rings is 3. The average Bonchev–Trinajstić information content (AvgIpc) is 3.56. The lowest BCUT2D eigenvalue weighted by Crippen LogP contribution is -2.27. The highest BCUT2D eigenvalue weighted by molar-refractivity contribution is 9.10. The van der Waals surface area contributed by atoms with Gasteiger partial charge in [-0.3, -0.25) is 4.79 Å². The average molecular weight is 556 g/mol. The van der Waals surface area contributed by atoms with Crippen molar-refractivity contribution in [2.24, 2.45) is 0 Å². The molecular weight excluding hydrogens is 538 g/mol. The highest BCUT2D eigenvalue weighted by Crippen LogP contribution is 2.31. The number of hydrogen-bond donors (Lipinski definition) is 1. The number of pyridine rings is 1. The summed E-state index contributed by atoms with van der Waals surface area (Å²) < 4.78 is 7.49. The fraction of sp³-hybridized carbons (Fsp3) is 0.0741. The monoisotopic (exact) mass is 555 g/mol. The maximum absolute atomic E-state index is 13.5. The molecule has 6 aromatic rings. The van der Waals surface area contributed by atoms with Crippen LogP contribution in [0, 0.1) is 0 Å². The largest absolute Gasteiger partial charge is 0.340 e. The number of nitrogens with zero attached hydrogens (tertiary/aromatic N) is 4. The molecule has 0 radical (unpaired) electrons. The van der Waals surface area contributed by atoms with E-state index in [1.165, 1.54) is 0 Å². The van der Waals surface area contributed by atoms with Gasteiger partial charge in [-0.15, -0.1) is 11.3 Å². The van der Waals surface area contributed by atoms with E-state index in [4.69, 9.17) is 14.5 Å². The molecule has 1 unspecified atom stereocenters. The minimum atomic E-state index is -0.493. The van der Waals surface area contributed by atoms with Crippen molar-refractivity contribution in [2.75, 3.05) is 0 Å². The Kier molecular flexibility index (Phi) is 5.79. The van der Waals surface area contributed by atoms with Gasteiger partial charge in [0.05, 0.1) is 21.3 Å². The lowest BCUT2D eigenvalue weighted by atomic mass is 10.1. The number of thiazole rings is 1. The summed E-state index contributed by atoms with van der Waals surface area (Å²) in [5, 5.41) is 8.59. The first kappa shape index (κ1) is 22.5. The Balaban J connectivity index is 1.32. The Morgan fingerprint density at radius 2 is 1.69 bits per heavy atom. The number of aromatic nitrogens is 4. The molecule has 1 atom stereocenters. The van der Waals surface area contributed by atoms with E-state index in [1.54, 1.807) is 17.4 Å². The van der Waals surface area contributed by atoms with Gasteiger partial charge in [0.1, 0.15) is 16.7 Å². The van der Waals surface area contributed by atoms with Crippen LogP contribution in [0.25, 0.3) is 43.2 Å². The van der Waals surface area contributed by atoms with Gasteiger partial charge < -0.3 is 9.84 Å². The zero-order valence-corrected chi connectivity index (χ0v) is 21.4. The van der Waals surface area contributed by atoms with Crippen LogP contribution < -0.4 is 5.32 Å². The van der Waals surface area contributed by atoms with E-state index >= 15 is 0 Å². The fourth-order valence-corrected chi connectivity index (χ4v) is 5.11. The highest BCUT2D eigenvalue weighted by Gasteiger charge is 2.21. The molecule has 0 saturated carbocycles. The van der Waals surface area contributed by atoms with E-state index in [0.29, 0.717) is 23.0 Å². The molecule has 0 aliphatic carbocycles. The van der Waals surface area contributed by atoms with Gasteiger partial charge in [0.25, 0.3) is 5.91 Å². The number of amides is 1. The molecular formula is C27H18BrN5O2S. The summed E-state index contributed by atoms with van der Waals surface area (Å²) >= 11 is 4.97. The summed E-state index contributed by atoms with van der Waals surface area (Å²) in [6.45, 7) is 1.81. The molecule has 1 N–H and O–H groups in total. The Morgan fingerprint density at radius 1 is 0.944 bits per heavy atom. The van der Waals surface area contributed by atoms with Crippen molar-refractivity contribution < 1.29 is 9.32 Å². The van der Waals surface area contributed by atoms with Gasteiger partial charge in [-0.1, -0.05) is 51.4 Å². The van der Waals surface area contributed by atoms with Crippen LogP contribution in [0.1, 0.15) is 29.2 Å². The van der Waals surface area contributed by atoms with Gasteiger partial charge in [-0.25, -0.2) is 9.97 Å². The Morgan fingerprint density at radius 3 is 2.50 bits per heavy atom. The smallest absolute Gasteiger partial charge is 0.252 e. The van der Waals surface area contributed by atoms with Gasteiger partial charge in [0.2, 0.25) is 11.7 Å². The van der Waals surface area contributed by atoms with Gasteiger partial charge >= 0.3 is 0 Å². The van der Waals surface area contributed by atoms with Crippen LogP contribution in [0.3, 0.4) is 0 Å². The van der Waals surface area contributed by atoms with E-state index in [2.05, 4.69) is 31.4 Å². The van der Waals surface area contributed by atoms with E-state index in [-0.39, 0.29) is 5.91 Å². The lowest BCUT2D eigenvalue weighted by Gasteiger charge is -2.12. The number of hydrogen-bond acceptors (Lipinski definition) is 7. The van der Waals surface area contributed by atoms with E-state index < -0.39 is 6.04 Å². The number of para-hydroxylation sites is 2. The van der Waals surface area contributed by atoms with E-state index in [1.807, 2.05) is 79.7 Å². The van der Waals surface area contributed by atoms with Crippen LogP contribution in [0.4, 0.5) is 0 Å². The Bertz CT molecular complexity index is 1690. The van der Waals surface area contributed by atoms with Crippen LogP contribution in [0.2, 0.25) is 0 Å². The number of halogens is 1. The molecule has 3 aromatic carbocycles. The summed E-state index contributed by atoms with van der Waals surface area (Å²) in [5.41, 5.74) is 3.62. The number of nitrogens with one attached hydrogen (secondary N) is 1. The topological polar surface area (TPSA) is 93.8 Å². The minimum absolute atomic E-state index is 0.258. The third kappa shape index (κ3) is 4.27. The predicted molar refractivity (Wildman–Crippen MR) is 144 cm³/mol. The number of carbonyl (C=O) groups is 1. The van der Waals surface area contributed by atoms with Crippen LogP contribution >= 0.6 is 27.3 Å². The maximum atomic E-state index is 13.5. The first-order valence-corrected chi connectivity index (χ1v) is 12.8. The molecule has 0 fully saturated rings. The molecule has 7 nitrogen and oxygen atoms in total. The van der Waals surface area contributed by atoms with Gasteiger partial charge in [-0.2, -0.15) is 4.98 Å². The number of rotatable bonds is 5. The van der Waals surface area contributed by atoms with Crippen molar-refractivity contribution in [3.63, 3.8) is 0 Å². The normalized spacial score (nSPS) is 12.2. The molecule has 0 spiro atoms. The van der Waals surface area contributed by atoms with Crippen molar-refractivity contribution in [3.05, 3.63) is 94.8 Å². The molecule has 0 saturated heterocycles. The van der Waals surface area contributed by atoms with Crippen molar-refractivity contribution >= 4 is 54.3 Å². The Hall–Kier alpha value is -3.95. The minimum Gasteiger partial charge on any atom is -0.340 e. The van der Waals surface area contributed by atoms with Crippen molar-refractivity contribution in [1.82, 2.24) is 25.4 Å². The van der Waals surface area contributed by atoms with Crippen LogP contribution in [-0.4, -0.2) is 26.0 Å². The van der Waals surface area contributed by atoms with Crippen molar-refractivity contribution in [2.45, 2.75) is 13.0 Å². The molecule has 0 aliphatic rings. The van der Waals surface area contributed by atoms with Gasteiger partial charge in [0.15, 0.2) is 0 Å². The molecule has 1 amide bonds. The van der Waals surface area contributed by atoms with Gasteiger partial charge in [-0.05, 0) is 55.5 Å². The van der Waals surface area contributed by atoms with Crippen LogP contribution in [0.5, 0.6) is 0 Å². The molecule has 3 aromatic heterocycles. The zero-order chi connectivity index (χ0) is 24.6. The van der Waals surface area contributed by atoms with Gasteiger partial charge in [0, 0.05) is 15.4 Å². The SMILES string of the molecule is CC(NC(=O)c1cc(-c2nc3ccccc3s2)nc2ccccc12)c1nc(-c2ccc(Br)cc2)no1. The zero-order valence-electron chi connectivity index (χ0n) is 19.0. The molecule has 0 bridgehead atoms. The third-order valence-corrected chi connectivity index (χ3v) is 7.32. The maximum Gasteiger partial charge on any atom is 0.252 e. The lowest BCUT2D eigenvalue weighted by molar-refractivity contribution is 0.0934. The fourth-order valence-electron chi connectivity index (χ4n) is 3.92. The summed E-state index contributed by atoms with van der Waals surface area (Å²) in [7, 11) is 0. The standard InChI is InChI=1S/C27H18BrN5O2S/c1-15(26-32-24(33-35-26)16-10-12-17(28)13-11-16)29-25(34)19-14-22(30-20-7-3-2-6-18(19)20)27-31-21-8-4-5-9-23(21)36-27/h2-15H,1H3,(H,29,34). The summed E-state index contributed by atoms with van der Waals surface area (Å²) in [5.74, 6) is 0.531. The second-order valence-electron chi connectivity index (χ2n) is 8.22. The second-order valence-corrected chi connectivity index (χ2v) is 10.2. The highest BCUT2D eigenvalue weighted by atomic mass is 79.9. The molecule has 9 heteroatoms. The molecule has 3 heterocycles. The second kappa shape index (κ2) is 9.25. The molecule has 36 heavy (non-hydrogen) atoms. The molecule has 6 rings (SSSR count). The third-order valence-electron chi connectivity index (χ3n) is 5.74. The van der Waals surface area contributed by atoms with Crippen LogP contribution in [-0.2, 0) is 0 Å². The van der Waals surface area contributed by atoms with Crippen LogP contribution in [0.15, 0.2) is 87.9 Å². The summed E-state index contributed by atoms with van der Waals surface area (Å²) in [6.07, 6.45) is 0. The first-order valence-electron chi connectivity index (χ1n) is 11.2. The number of fused-ring (bicyclic) bond motifs is 2. The van der Waals surface area contributed by atoms with Crippen molar-refractivity contribution in [3.8, 4) is 22.1 Å². The van der Waals surface area contributed by atoms with Crippen molar-refractivity contribution in [1.29, 1.82) is 0 Å². The quantitative estimate of drug-likeness (QED) is 0.251. The number of carbonyl (C=O) groups excluding carboxylic acids is 1. The predicted octanol–water partition coefficient (Wildman–Crippen LogP) is 6.82. The molecule has 176 valence electrons. The van der Waals surface area contributed by atoms with E-state index in [9.17, 15) is 4.79 Å².